The molecule has 0 bridgehead atoms. The zero-order chi connectivity index (χ0) is 16.4. The van der Waals surface area contributed by atoms with Crippen molar-refractivity contribution in [1.29, 1.82) is 0 Å². The third-order valence-electron chi connectivity index (χ3n) is 4.93. The van der Waals surface area contributed by atoms with Crippen molar-refractivity contribution in [3.63, 3.8) is 0 Å². The molecule has 2 aliphatic rings. The highest BCUT2D eigenvalue weighted by atomic mass is 16.6. The molecule has 0 spiro atoms. The summed E-state index contributed by atoms with van der Waals surface area (Å²) in [5, 5.41) is 10.6. The fourth-order valence-electron chi connectivity index (χ4n) is 3.61. The molecule has 2 aliphatic heterocycles. The van der Waals surface area contributed by atoms with Gasteiger partial charge in [0.05, 0.1) is 6.10 Å². The maximum absolute atomic E-state index is 10.6. The minimum absolute atomic E-state index is 0.504. The molecule has 1 saturated heterocycles. The molecule has 4 heteroatoms. The molecule has 0 amide bonds. The van der Waals surface area contributed by atoms with E-state index in [0.29, 0.717) is 25.7 Å². The van der Waals surface area contributed by atoms with E-state index in [4.69, 9.17) is 9.47 Å². The lowest BCUT2D eigenvalue weighted by molar-refractivity contribution is 0.124. The van der Waals surface area contributed by atoms with E-state index in [1.807, 2.05) is 18.2 Å². The summed E-state index contributed by atoms with van der Waals surface area (Å²) in [5.41, 5.74) is 2.29. The number of rotatable bonds is 4. The van der Waals surface area contributed by atoms with Crippen LogP contribution < -0.4 is 9.47 Å². The minimum atomic E-state index is -0.504. The van der Waals surface area contributed by atoms with E-state index in [1.54, 1.807) is 0 Å². The second kappa shape index (κ2) is 6.83. The van der Waals surface area contributed by atoms with Gasteiger partial charge in [-0.05, 0) is 42.1 Å². The van der Waals surface area contributed by atoms with Crippen molar-refractivity contribution in [2.75, 3.05) is 32.8 Å². The Morgan fingerprint density at radius 3 is 2.67 bits per heavy atom. The van der Waals surface area contributed by atoms with Crippen LogP contribution in [0.1, 0.15) is 29.6 Å². The Labute approximate surface area is 142 Å². The Kier molecular flexibility index (Phi) is 4.41. The third kappa shape index (κ3) is 3.25. The number of benzene rings is 2. The molecule has 24 heavy (non-hydrogen) atoms. The molecule has 0 radical (unpaired) electrons. The van der Waals surface area contributed by atoms with Crippen LogP contribution in [0.4, 0.5) is 0 Å². The lowest BCUT2D eigenvalue weighted by Gasteiger charge is -2.23. The second-order valence-electron chi connectivity index (χ2n) is 6.57. The molecule has 0 aliphatic carbocycles. The summed E-state index contributed by atoms with van der Waals surface area (Å²) in [5.74, 6) is 2.07. The van der Waals surface area contributed by atoms with E-state index in [0.717, 1.165) is 36.6 Å². The van der Waals surface area contributed by atoms with E-state index in [-0.39, 0.29) is 0 Å². The summed E-state index contributed by atoms with van der Waals surface area (Å²) >= 11 is 0. The predicted octanol–water partition coefficient (Wildman–Crippen LogP) is 2.98. The summed E-state index contributed by atoms with van der Waals surface area (Å²) < 4.78 is 11.1. The molecule has 126 valence electrons. The molecule has 0 aromatic heterocycles. The number of ether oxygens (including phenoxy) is 2. The summed E-state index contributed by atoms with van der Waals surface area (Å²) in [6, 6.07) is 16.4. The molecular weight excluding hydrogens is 302 g/mol. The molecule has 1 N–H and O–H groups in total. The van der Waals surface area contributed by atoms with E-state index in [9.17, 15) is 5.11 Å². The average Bonchev–Trinajstić information content (AvgIpc) is 3.10. The van der Waals surface area contributed by atoms with E-state index in [2.05, 4.69) is 35.2 Å². The van der Waals surface area contributed by atoms with Gasteiger partial charge in [0, 0.05) is 13.1 Å². The first-order valence-corrected chi connectivity index (χ1v) is 8.64. The third-order valence-corrected chi connectivity index (χ3v) is 4.93. The quantitative estimate of drug-likeness (QED) is 0.938. The normalized spacial score (nSPS) is 21.6. The Hall–Kier alpha value is -2.04. The summed E-state index contributed by atoms with van der Waals surface area (Å²) in [7, 11) is 0. The van der Waals surface area contributed by atoms with Crippen LogP contribution in [-0.4, -0.2) is 42.9 Å². The van der Waals surface area contributed by atoms with Crippen molar-refractivity contribution >= 4 is 0 Å². The molecule has 0 unspecified atom stereocenters. The smallest absolute Gasteiger partial charge is 0.161 e. The van der Waals surface area contributed by atoms with Crippen molar-refractivity contribution in [2.24, 2.45) is 0 Å². The monoisotopic (exact) mass is 325 g/mol. The van der Waals surface area contributed by atoms with E-state index in [1.165, 1.54) is 5.56 Å². The molecule has 2 heterocycles. The van der Waals surface area contributed by atoms with E-state index < -0.39 is 6.10 Å². The fraction of sp³-hybridized carbons (Fsp3) is 0.400. The van der Waals surface area contributed by atoms with Gasteiger partial charge >= 0.3 is 0 Å². The van der Waals surface area contributed by atoms with Crippen molar-refractivity contribution < 1.29 is 14.6 Å². The number of β-amino-alcohol motifs (C(OH)–C–C–N with tert-alkyl or cyclic N) is 1. The highest BCUT2D eigenvalue weighted by Gasteiger charge is 2.26. The summed E-state index contributed by atoms with van der Waals surface area (Å²) in [6.07, 6.45) is 0.646. The van der Waals surface area contributed by atoms with E-state index >= 15 is 0 Å². The van der Waals surface area contributed by atoms with Gasteiger partial charge < -0.3 is 14.6 Å². The lowest BCUT2D eigenvalue weighted by Crippen LogP contribution is -2.26. The van der Waals surface area contributed by atoms with Crippen molar-refractivity contribution in [3.8, 4) is 11.5 Å². The van der Waals surface area contributed by atoms with Crippen molar-refractivity contribution in [2.45, 2.75) is 18.4 Å². The van der Waals surface area contributed by atoms with Gasteiger partial charge in [-0.3, -0.25) is 4.90 Å². The van der Waals surface area contributed by atoms with Crippen molar-refractivity contribution in [1.82, 2.24) is 4.90 Å². The maximum Gasteiger partial charge on any atom is 0.161 e. The van der Waals surface area contributed by atoms with Crippen LogP contribution in [0.25, 0.3) is 0 Å². The maximum atomic E-state index is 10.6. The Morgan fingerprint density at radius 1 is 1.04 bits per heavy atom. The standard InChI is InChI=1S/C20H23NO3/c22-18(16-6-7-19-20(12-16)24-11-10-23-19)14-21-9-8-17(13-21)15-4-2-1-3-5-15/h1-7,12,17-18,22H,8-11,13-14H2/t17-,18-/m1/s1. The number of hydrogen-bond acceptors (Lipinski definition) is 4. The number of likely N-dealkylation sites (tertiary alicyclic amines) is 1. The van der Waals surface area contributed by atoms with Gasteiger partial charge in [-0.25, -0.2) is 0 Å². The number of fused-ring (bicyclic) bond motifs is 1. The van der Waals surface area contributed by atoms with Gasteiger partial charge in [-0.1, -0.05) is 36.4 Å². The molecule has 2 aromatic carbocycles. The number of nitrogens with zero attached hydrogens (tertiary/aromatic N) is 1. The van der Waals surface area contributed by atoms with Crippen molar-refractivity contribution in [3.05, 3.63) is 59.7 Å². The zero-order valence-electron chi connectivity index (χ0n) is 13.7. The van der Waals surface area contributed by atoms with Crippen LogP contribution in [0.3, 0.4) is 0 Å². The van der Waals surface area contributed by atoms with Crippen LogP contribution in [0.5, 0.6) is 11.5 Å². The fourth-order valence-corrected chi connectivity index (χ4v) is 3.61. The molecule has 2 aromatic rings. The largest absolute Gasteiger partial charge is 0.486 e. The predicted molar refractivity (Wildman–Crippen MR) is 92.6 cm³/mol. The Bertz CT molecular complexity index is 689. The Morgan fingerprint density at radius 2 is 1.83 bits per heavy atom. The molecule has 0 saturated carbocycles. The molecule has 2 atom stereocenters. The lowest BCUT2D eigenvalue weighted by atomic mass is 9.99. The Balaban J connectivity index is 1.39. The molecule has 4 nitrogen and oxygen atoms in total. The van der Waals surface area contributed by atoms with Crippen LogP contribution >= 0.6 is 0 Å². The topological polar surface area (TPSA) is 41.9 Å². The number of hydrogen-bond donors (Lipinski definition) is 1. The van der Waals surface area contributed by atoms with Crippen LogP contribution in [0.2, 0.25) is 0 Å². The minimum Gasteiger partial charge on any atom is -0.486 e. The van der Waals surface area contributed by atoms with Crippen LogP contribution in [0, 0.1) is 0 Å². The van der Waals surface area contributed by atoms with Gasteiger partial charge in [0.1, 0.15) is 13.2 Å². The first kappa shape index (κ1) is 15.5. The zero-order valence-corrected chi connectivity index (χ0v) is 13.7. The highest BCUT2D eigenvalue weighted by Crippen LogP contribution is 2.34. The van der Waals surface area contributed by atoms with Crippen LogP contribution in [-0.2, 0) is 0 Å². The average molecular weight is 325 g/mol. The van der Waals surface area contributed by atoms with Gasteiger partial charge in [-0.15, -0.1) is 0 Å². The molecule has 1 fully saturated rings. The first-order valence-electron chi connectivity index (χ1n) is 8.64. The highest BCUT2D eigenvalue weighted by molar-refractivity contribution is 5.44. The summed E-state index contributed by atoms with van der Waals surface area (Å²) in [6.45, 7) is 3.84. The van der Waals surface area contributed by atoms with Gasteiger partial charge in [0.2, 0.25) is 0 Å². The van der Waals surface area contributed by atoms with Crippen LogP contribution in [0.15, 0.2) is 48.5 Å². The van der Waals surface area contributed by atoms with Gasteiger partial charge in [-0.2, -0.15) is 0 Å². The van der Waals surface area contributed by atoms with Gasteiger partial charge in [0.25, 0.3) is 0 Å². The number of aliphatic hydroxyl groups excluding tert-OH is 1. The van der Waals surface area contributed by atoms with Gasteiger partial charge in [0.15, 0.2) is 11.5 Å². The molecular formula is C20H23NO3. The number of aliphatic hydroxyl groups is 1. The molecule has 4 rings (SSSR count). The SMILES string of the molecule is O[C@H](CN1CC[C@@H](c2ccccc2)C1)c1ccc2c(c1)OCCO2. The summed E-state index contributed by atoms with van der Waals surface area (Å²) in [4.78, 5) is 2.35. The first-order chi connectivity index (χ1) is 11.8. The second-order valence-corrected chi connectivity index (χ2v) is 6.57.